The zero-order valence-corrected chi connectivity index (χ0v) is 11.9. The van der Waals surface area contributed by atoms with Gasteiger partial charge in [0.05, 0.1) is 5.60 Å². The molecule has 0 bridgehead atoms. The van der Waals surface area contributed by atoms with E-state index in [2.05, 4.69) is 38.2 Å². The lowest BCUT2D eigenvalue weighted by Crippen LogP contribution is -2.31. The van der Waals surface area contributed by atoms with Gasteiger partial charge in [-0.2, -0.15) is 0 Å². The Balaban J connectivity index is 2.51. The summed E-state index contributed by atoms with van der Waals surface area (Å²) in [6, 6.07) is 8.56. The van der Waals surface area contributed by atoms with Crippen molar-refractivity contribution in [2.75, 3.05) is 19.0 Å². The van der Waals surface area contributed by atoms with E-state index in [1.807, 2.05) is 12.1 Å². The first-order chi connectivity index (χ1) is 8.46. The van der Waals surface area contributed by atoms with Crippen molar-refractivity contribution in [1.82, 2.24) is 0 Å². The molecule has 1 aromatic rings. The van der Waals surface area contributed by atoms with E-state index in [0.29, 0.717) is 12.5 Å². The fraction of sp³-hybridized carbons (Fsp3) is 0.600. The molecule has 0 aliphatic heterocycles. The van der Waals surface area contributed by atoms with Gasteiger partial charge >= 0.3 is 0 Å². The third kappa shape index (κ3) is 5.07. The van der Waals surface area contributed by atoms with E-state index in [4.69, 9.17) is 9.84 Å². The number of methoxy groups -OCH3 is 1. The molecule has 0 aliphatic rings. The minimum absolute atomic E-state index is 0.108. The number of ether oxygens (including phenoxy) is 1. The summed E-state index contributed by atoms with van der Waals surface area (Å²) < 4.78 is 5.43. The molecular formula is C15H25NO2. The van der Waals surface area contributed by atoms with Gasteiger partial charge in [0.25, 0.3) is 0 Å². The molecule has 1 atom stereocenters. The third-order valence-electron chi connectivity index (χ3n) is 3.12. The Bertz CT molecular complexity index is 346. The second-order valence-electron chi connectivity index (χ2n) is 5.38. The zero-order valence-electron chi connectivity index (χ0n) is 11.9. The predicted octanol–water partition coefficient (Wildman–Crippen LogP) is 2.84. The van der Waals surface area contributed by atoms with Crippen LogP contribution in [0.5, 0.6) is 0 Å². The molecule has 0 aromatic heterocycles. The van der Waals surface area contributed by atoms with E-state index in [0.717, 1.165) is 17.7 Å². The normalized spacial score (nSPS) is 13.4. The number of aliphatic hydroxyl groups is 1. The van der Waals surface area contributed by atoms with Crippen LogP contribution in [-0.2, 0) is 11.2 Å². The summed E-state index contributed by atoms with van der Waals surface area (Å²) in [5, 5.41) is 12.3. The van der Waals surface area contributed by atoms with Crippen LogP contribution in [0.15, 0.2) is 24.3 Å². The first-order valence-corrected chi connectivity index (χ1v) is 6.48. The minimum atomic E-state index is -0.108. The molecule has 0 fully saturated rings. The van der Waals surface area contributed by atoms with Crippen LogP contribution in [0.1, 0.15) is 32.8 Å². The van der Waals surface area contributed by atoms with Crippen LogP contribution < -0.4 is 5.32 Å². The molecule has 0 saturated heterocycles. The van der Waals surface area contributed by atoms with E-state index in [-0.39, 0.29) is 12.2 Å². The fourth-order valence-electron chi connectivity index (χ4n) is 2.05. The lowest BCUT2D eigenvalue weighted by molar-refractivity contribution is 0.0128. The number of rotatable bonds is 7. The largest absolute Gasteiger partial charge is 0.396 e. The summed E-state index contributed by atoms with van der Waals surface area (Å²) in [5.74, 6) is 0. The highest BCUT2D eigenvalue weighted by Gasteiger charge is 2.19. The van der Waals surface area contributed by atoms with Crippen LogP contribution in [-0.4, -0.2) is 30.5 Å². The Hall–Kier alpha value is -1.06. The molecule has 0 radical (unpaired) electrons. The first-order valence-electron chi connectivity index (χ1n) is 6.48. The molecule has 2 N–H and O–H groups in total. The molecule has 1 unspecified atom stereocenters. The maximum atomic E-state index is 8.86. The van der Waals surface area contributed by atoms with Crippen LogP contribution in [0.25, 0.3) is 0 Å². The van der Waals surface area contributed by atoms with Crippen molar-refractivity contribution >= 4 is 5.69 Å². The fourth-order valence-corrected chi connectivity index (χ4v) is 2.05. The van der Waals surface area contributed by atoms with Gasteiger partial charge in [-0.25, -0.2) is 0 Å². The van der Waals surface area contributed by atoms with Crippen molar-refractivity contribution in [3.63, 3.8) is 0 Å². The molecule has 18 heavy (non-hydrogen) atoms. The van der Waals surface area contributed by atoms with Gasteiger partial charge < -0.3 is 15.2 Å². The van der Waals surface area contributed by atoms with Crippen LogP contribution in [0.2, 0.25) is 0 Å². The van der Waals surface area contributed by atoms with Crippen LogP contribution >= 0.6 is 0 Å². The van der Waals surface area contributed by atoms with E-state index < -0.39 is 0 Å². The van der Waals surface area contributed by atoms with Gasteiger partial charge in [0.1, 0.15) is 0 Å². The van der Waals surface area contributed by atoms with E-state index in [1.54, 1.807) is 7.11 Å². The smallest absolute Gasteiger partial charge is 0.0642 e. The lowest BCUT2D eigenvalue weighted by atomic mass is 9.99. The average molecular weight is 251 g/mol. The Morgan fingerprint density at radius 2 is 1.89 bits per heavy atom. The molecule has 0 amide bonds. The van der Waals surface area contributed by atoms with E-state index in [1.165, 1.54) is 0 Å². The summed E-state index contributed by atoms with van der Waals surface area (Å²) in [5.41, 5.74) is 2.16. The minimum Gasteiger partial charge on any atom is -0.396 e. The highest BCUT2D eigenvalue weighted by Crippen LogP contribution is 2.19. The van der Waals surface area contributed by atoms with Gasteiger partial charge in [-0.15, -0.1) is 0 Å². The molecular weight excluding hydrogens is 226 g/mol. The monoisotopic (exact) mass is 251 g/mol. The molecule has 0 saturated carbocycles. The maximum Gasteiger partial charge on any atom is 0.0642 e. The Morgan fingerprint density at radius 1 is 1.28 bits per heavy atom. The molecule has 3 nitrogen and oxygen atoms in total. The molecule has 1 rings (SSSR count). The number of aliphatic hydroxyl groups excluding tert-OH is 1. The number of hydrogen-bond donors (Lipinski definition) is 2. The van der Waals surface area contributed by atoms with Gasteiger partial charge in [0.2, 0.25) is 0 Å². The van der Waals surface area contributed by atoms with Crippen LogP contribution in [0.3, 0.4) is 0 Å². The number of nitrogens with one attached hydrogen (secondary N) is 1. The van der Waals surface area contributed by atoms with Gasteiger partial charge in [-0.1, -0.05) is 12.1 Å². The summed E-state index contributed by atoms with van der Waals surface area (Å²) in [6.45, 7) is 6.54. The van der Waals surface area contributed by atoms with Gasteiger partial charge in [-0.3, -0.25) is 0 Å². The van der Waals surface area contributed by atoms with Gasteiger partial charge in [-0.05, 0) is 51.3 Å². The Labute approximate surface area is 110 Å². The molecule has 1 aromatic carbocycles. The van der Waals surface area contributed by atoms with Crippen LogP contribution in [0, 0.1) is 0 Å². The highest BCUT2D eigenvalue weighted by molar-refractivity contribution is 5.45. The second-order valence-corrected chi connectivity index (χ2v) is 5.38. The average Bonchev–Trinajstić information content (AvgIpc) is 2.31. The van der Waals surface area contributed by atoms with Crippen molar-refractivity contribution in [3.05, 3.63) is 29.8 Å². The number of benzene rings is 1. The van der Waals surface area contributed by atoms with Crippen molar-refractivity contribution in [3.8, 4) is 0 Å². The third-order valence-corrected chi connectivity index (χ3v) is 3.12. The Morgan fingerprint density at radius 3 is 2.39 bits per heavy atom. The van der Waals surface area contributed by atoms with Gasteiger partial charge in [0.15, 0.2) is 0 Å². The maximum absolute atomic E-state index is 8.86. The van der Waals surface area contributed by atoms with Crippen molar-refractivity contribution in [1.29, 1.82) is 0 Å². The van der Waals surface area contributed by atoms with E-state index >= 15 is 0 Å². The molecule has 0 aliphatic carbocycles. The van der Waals surface area contributed by atoms with Crippen molar-refractivity contribution < 1.29 is 9.84 Å². The predicted molar refractivity (Wildman–Crippen MR) is 76.0 cm³/mol. The summed E-state index contributed by atoms with van der Waals surface area (Å²) >= 11 is 0. The van der Waals surface area contributed by atoms with E-state index in [9.17, 15) is 0 Å². The van der Waals surface area contributed by atoms with Crippen molar-refractivity contribution in [2.45, 2.75) is 45.3 Å². The SMILES string of the molecule is COC(C)(C)CC(C)Nc1ccc(CCO)cc1. The summed E-state index contributed by atoms with van der Waals surface area (Å²) in [7, 11) is 1.75. The quantitative estimate of drug-likeness (QED) is 0.783. The lowest BCUT2D eigenvalue weighted by Gasteiger charge is -2.27. The number of anilines is 1. The summed E-state index contributed by atoms with van der Waals surface area (Å²) in [4.78, 5) is 0. The molecule has 3 heteroatoms. The number of hydrogen-bond acceptors (Lipinski definition) is 3. The Kier molecular flexibility index (Phi) is 5.63. The van der Waals surface area contributed by atoms with Gasteiger partial charge in [0, 0.05) is 25.4 Å². The van der Waals surface area contributed by atoms with Crippen LogP contribution in [0.4, 0.5) is 5.69 Å². The molecule has 102 valence electrons. The highest BCUT2D eigenvalue weighted by atomic mass is 16.5. The topological polar surface area (TPSA) is 41.5 Å². The zero-order chi connectivity index (χ0) is 13.6. The second kappa shape index (κ2) is 6.76. The summed E-state index contributed by atoms with van der Waals surface area (Å²) in [6.07, 6.45) is 1.66. The van der Waals surface area contributed by atoms with Crippen molar-refractivity contribution in [2.24, 2.45) is 0 Å². The molecule has 0 heterocycles. The first kappa shape index (κ1) is 15.0. The molecule has 0 spiro atoms. The standard InChI is InChI=1S/C15H25NO2/c1-12(11-15(2,3)18-4)16-14-7-5-13(6-8-14)9-10-17/h5-8,12,16-17H,9-11H2,1-4H3.